The van der Waals surface area contributed by atoms with Gasteiger partial charge in [-0.25, -0.2) is 4.79 Å². The summed E-state index contributed by atoms with van der Waals surface area (Å²) in [6.07, 6.45) is 3.18. The number of carbonyl (C=O) groups is 1. The number of carbonyl (C=O) groups excluding carboxylic acids is 1. The number of hydrogen-bond donors (Lipinski definition) is 2. The third-order valence-electron chi connectivity index (χ3n) is 4.01. The molecular formula is C18H38N2O2. The van der Waals surface area contributed by atoms with Crippen LogP contribution in [0.4, 0.5) is 4.79 Å². The number of alkyl carbamates (subject to hydrolysis) is 1. The second-order valence-corrected chi connectivity index (χ2v) is 7.76. The van der Waals surface area contributed by atoms with Crippen LogP contribution in [0.2, 0.25) is 0 Å². The van der Waals surface area contributed by atoms with Gasteiger partial charge in [0.25, 0.3) is 0 Å². The molecule has 22 heavy (non-hydrogen) atoms. The summed E-state index contributed by atoms with van der Waals surface area (Å²) < 4.78 is 5.36. The van der Waals surface area contributed by atoms with E-state index < -0.39 is 5.60 Å². The van der Waals surface area contributed by atoms with Crippen LogP contribution in [0.3, 0.4) is 0 Å². The Labute approximate surface area is 137 Å². The molecule has 4 heteroatoms. The topological polar surface area (TPSA) is 50.4 Å². The van der Waals surface area contributed by atoms with Gasteiger partial charge in [-0.15, -0.1) is 0 Å². The van der Waals surface area contributed by atoms with Crippen molar-refractivity contribution in [3.8, 4) is 0 Å². The van der Waals surface area contributed by atoms with Crippen molar-refractivity contribution in [2.24, 2.45) is 11.8 Å². The molecule has 0 aromatic carbocycles. The summed E-state index contributed by atoms with van der Waals surface area (Å²) in [4.78, 5) is 12.0. The molecular weight excluding hydrogens is 276 g/mol. The van der Waals surface area contributed by atoms with Crippen molar-refractivity contribution < 1.29 is 9.53 Å². The van der Waals surface area contributed by atoms with Gasteiger partial charge in [-0.3, -0.25) is 0 Å². The van der Waals surface area contributed by atoms with Crippen molar-refractivity contribution in [2.75, 3.05) is 6.54 Å². The predicted molar refractivity (Wildman–Crippen MR) is 94.1 cm³/mol. The van der Waals surface area contributed by atoms with E-state index in [1.165, 1.54) is 12.8 Å². The highest BCUT2D eigenvalue weighted by Gasteiger charge is 2.22. The van der Waals surface area contributed by atoms with Crippen LogP contribution >= 0.6 is 0 Å². The molecule has 0 radical (unpaired) electrons. The van der Waals surface area contributed by atoms with Gasteiger partial charge in [0.05, 0.1) is 0 Å². The van der Waals surface area contributed by atoms with Crippen molar-refractivity contribution in [3.05, 3.63) is 0 Å². The molecule has 0 bridgehead atoms. The van der Waals surface area contributed by atoms with Gasteiger partial charge < -0.3 is 15.4 Å². The van der Waals surface area contributed by atoms with Crippen LogP contribution in [0.25, 0.3) is 0 Å². The zero-order valence-electron chi connectivity index (χ0n) is 16.0. The molecule has 3 atom stereocenters. The fraction of sp³-hybridized carbons (Fsp3) is 0.944. The van der Waals surface area contributed by atoms with Crippen molar-refractivity contribution in [1.82, 2.24) is 10.6 Å². The van der Waals surface area contributed by atoms with Crippen LogP contribution < -0.4 is 10.6 Å². The first kappa shape index (κ1) is 21.2. The van der Waals surface area contributed by atoms with Crippen molar-refractivity contribution in [1.29, 1.82) is 0 Å². The average molecular weight is 315 g/mol. The van der Waals surface area contributed by atoms with Crippen LogP contribution in [0.15, 0.2) is 0 Å². The highest BCUT2D eigenvalue weighted by Crippen LogP contribution is 2.13. The Balaban J connectivity index is 4.42. The van der Waals surface area contributed by atoms with E-state index in [-0.39, 0.29) is 12.1 Å². The van der Waals surface area contributed by atoms with Crippen LogP contribution in [-0.4, -0.2) is 30.3 Å². The van der Waals surface area contributed by atoms with Crippen LogP contribution in [0, 0.1) is 11.8 Å². The lowest BCUT2D eigenvalue weighted by atomic mass is 9.97. The molecule has 0 aromatic heterocycles. The third kappa shape index (κ3) is 10.0. The van der Waals surface area contributed by atoms with E-state index in [9.17, 15) is 4.79 Å². The van der Waals surface area contributed by atoms with Gasteiger partial charge in [-0.05, 0) is 45.4 Å². The van der Waals surface area contributed by atoms with E-state index >= 15 is 0 Å². The third-order valence-corrected chi connectivity index (χ3v) is 4.01. The highest BCUT2D eigenvalue weighted by atomic mass is 16.6. The second kappa shape index (κ2) is 10.1. The zero-order valence-corrected chi connectivity index (χ0v) is 16.0. The van der Waals surface area contributed by atoms with Gasteiger partial charge in [0.2, 0.25) is 0 Å². The fourth-order valence-electron chi connectivity index (χ4n) is 2.25. The minimum Gasteiger partial charge on any atom is -0.444 e. The lowest BCUT2D eigenvalue weighted by Crippen LogP contribution is -2.49. The Morgan fingerprint density at radius 2 is 1.68 bits per heavy atom. The maximum absolute atomic E-state index is 12.0. The number of amides is 1. The summed E-state index contributed by atoms with van der Waals surface area (Å²) in [7, 11) is 0. The Hall–Kier alpha value is -0.770. The molecule has 3 unspecified atom stereocenters. The van der Waals surface area contributed by atoms with Gasteiger partial charge in [-0.1, -0.05) is 41.0 Å². The smallest absolute Gasteiger partial charge is 0.407 e. The number of rotatable bonds is 9. The minimum absolute atomic E-state index is 0.0841. The highest BCUT2D eigenvalue weighted by molar-refractivity contribution is 5.68. The molecule has 0 heterocycles. The lowest BCUT2D eigenvalue weighted by Gasteiger charge is -2.28. The van der Waals surface area contributed by atoms with E-state index in [1.54, 1.807) is 0 Å². The molecule has 4 nitrogen and oxygen atoms in total. The Kier molecular flexibility index (Phi) is 9.74. The summed E-state index contributed by atoms with van der Waals surface area (Å²) in [6.45, 7) is 17.4. The standard InChI is InChI=1S/C18H38N2O2/c1-9-14(5)11-15(10-2)19-12-16(13(3)4)20-17(21)22-18(6,7)8/h13-16,19H,9-12H2,1-8H3,(H,20,21). The predicted octanol–water partition coefficient (Wildman–Crippen LogP) is 4.34. The molecule has 0 aromatic rings. The molecule has 2 N–H and O–H groups in total. The van der Waals surface area contributed by atoms with Gasteiger partial charge in [0, 0.05) is 18.6 Å². The molecule has 0 fully saturated rings. The molecule has 0 saturated carbocycles. The molecule has 1 amide bonds. The quantitative estimate of drug-likeness (QED) is 0.665. The maximum atomic E-state index is 12.0. The van der Waals surface area contributed by atoms with Gasteiger partial charge >= 0.3 is 6.09 Å². The van der Waals surface area contributed by atoms with E-state index in [2.05, 4.69) is 45.3 Å². The summed E-state index contributed by atoms with van der Waals surface area (Å²) in [5.74, 6) is 1.09. The Morgan fingerprint density at radius 3 is 2.09 bits per heavy atom. The van der Waals surface area contributed by atoms with Crippen molar-refractivity contribution in [2.45, 2.75) is 92.3 Å². The maximum Gasteiger partial charge on any atom is 0.407 e. The SMILES string of the molecule is CCC(C)CC(CC)NCC(NC(=O)OC(C)(C)C)C(C)C. The molecule has 0 spiro atoms. The second-order valence-electron chi connectivity index (χ2n) is 7.76. The van der Waals surface area contributed by atoms with Gasteiger partial charge in [-0.2, -0.15) is 0 Å². The van der Waals surface area contributed by atoms with E-state index in [0.717, 1.165) is 18.9 Å². The Bertz CT molecular complexity index is 311. The first-order valence-electron chi connectivity index (χ1n) is 8.81. The van der Waals surface area contributed by atoms with Crippen LogP contribution in [0.5, 0.6) is 0 Å². The number of ether oxygens (including phenoxy) is 1. The van der Waals surface area contributed by atoms with Crippen LogP contribution in [-0.2, 0) is 4.74 Å². The minimum atomic E-state index is -0.457. The first-order valence-corrected chi connectivity index (χ1v) is 8.81. The molecule has 132 valence electrons. The molecule has 0 aliphatic heterocycles. The average Bonchev–Trinajstić information content (AvgIpc) is 2.38. The number of nitrogens with one attached hydrogen (secondary N) is 2. The summed E-state index contributed by atoms with van der Waals surface area (Å²) in [5.41, 5.74) is -0.457. The fourth-order valence-corrected chi connectivity index (χ4v) is 2.25. The van der Waals surface area contributed by atoms with Crippen LogP contribution in [0.1, 0.15) is 74.7 Å². The van der Waals surface area contributed by atoms with E-state index in [4.69, 9.17) is 4.74 Å². The molecule has 0 saturated heterocycles. The van der Waals surface area contributed by atoms with Crippen molar-refractivity contribution >= 4 is 6.09 Å². The summed E-state index contributed by atoms with van der Waals surface area (Å²) >= 11 is 0. The zero-order chi connectivity index (χ0) is 17.3. The number of hydrogen-bond acceptors (Lipinski definition) is 3. The monoisotopic (exact) mass is 314 g/mol. The van der Waals surface area contributed by atoms with E-state index in [1.807, 2.05) is 20.8 Å². The summed E-state index contributed by atoms with van der Waals surface area (Å²) in [5, 5.41) is 6.61. The Morgan fingerprint density at radius 1 is 1.09 bits per heavy atom. The molecule has 0 aliphatic rings. The van der Waals surface area contributed by atoms with Gasteiger partial charge in [0.15, 0.2) is 0 Å². The van der Waals surface area contributed by atoms with Crippen molar-refractivity contribution in [3.63, 3.8) is 0 Å². The van der Waals surface area contributed by atoms with Gasteiger partial charge in [0.1, 0.15) is 5.60 Å². The normalized spacial score (nSPS) is 16.2. The molecule has 0 aliphatic carbocycles. The molecule has 0 rings (SSSR count). The largest absolute Gasteiger partial charge is 0.444 e. The first-order chi connectivity index (χ1) is 10.1. The van der Waals surface area contributed by atoms with E-state index in [0.29, 0.717) is 12.0 Å². The lowest BCUT2D eigenvalue weighted by molar-refractivity contribution is 0.0488. The summed E-state index contributed by atoms with van der Waals surface area (Å²) in [6, 6.07) is 0.595.